The Hall–Kier alpha value is -1.57. The van der Waals surface area contributed by atoms with E-state index < -0.39 is 0 Å². The molecule has 1 aliphatic carbocycles. The fourth-order valence-corrected chi connectivity index (χ4v) is 2.28. The monoisotopic (exact) mass is 202 g/mol. The molecule has 0 saturated carbocycles. The molecule has 0 aliphatic heterocycles. The van der Waals surface area contributed by atoms with Crippen molar-refractivity contribution in [1.29, 1.82) is 0 Å². The van der Waals surface area contributed by atoms with E-state index in [2.05, 4.69) is 0 Å². The minimum atomic E-state index is -0.146. The van der Waals surface area contributed by atoms with E-state index in [0.717, 1.165) is 11.1 Å². The van der Waals surface area contributed by atoms with Crippen LogP contribution >= 0.6 is 0 Å². The van der Waals surface area contributed by atoms with Crippen LogP contribution in [0, 0.1) is 5.92 Å². The maximum Gasteiger partial charge on any atom is 0.200 e. The number of carbonyl (C=O) groups is 1. The Morgan fingerprint density at radius 2 is 1.80 bits per heavy atom. The number of carbonyl (C=O) groups excluding carboxylic acids is 1. The van der Waals surface area contributed by atoms with Crippen LogP contribution in [-0.2, 0) is 4.79 Å². The van der Waals surface area contributed by atoms with Gasteiger partial charge in [-0.2, -0.15) is 0 Å². The lowest BCUT2D eigenvalue weighted by molar-refractivity contribution is -0.120. The standard InChI is InChI=1S/C13H14O2/c1-8-11(9(2)13(15)12(8)14)10-6-4-3-5-7-10/h3-8,11,15H,1-2H3/t8-,11-/m1/s1. The van der Waals surface area contributed by atoms with E-state index in [1.807, 2.05) is 44.2 Å². The number of hydrogen-bond acceptors (Lipinski definition) is 2. The van der Waals surface area contributed by atoms with Gasteiger partial charge in [0.2, 0.25) is 5.78 Å². The predicted octanol–water partition coefficient (Wildman–Crippen LogP) is 2.82. The Kier molecular flexibility index (Phi) is 2.35. The molecule has 0 amide bonds. The number of aliphatic hydroxyl groups is 1. The summed E-state index contributed by atoms with van der Waals surface area (Å²) in [5, 5.41) is 9.60. The highest BCUT2D eigenvalue weighted by Gasteiger charge is 2.37. The van der Waals surface area contributed by atoms with E-state index in [1.54, 1.807) is 0 Å². The molecule has 78 valence electrons. The molecule has 0 heterocycles. The molecule has 0 saturated heterocycles. The van der Waals surface area contributed by atoms with Gasteiger partial charge in [-0.1, -0.05) is 37.3 Å². The number of hydrogen-bond donors (Lipinski definition) is 1. The van der Waals surface area contributed by atoms with Gasteiger partial charge in [0, 0.05) is 11.8 Å². The zero-order valence-corrected chi connectivity index (χ0v) is 8.90. The molecule has 2 nitrogen and oxygen atoms in total. The van der Waals surface area contributed by atoms with Crippen LogP contribution in [-0.4, -0.2) is 10.9 Å². The summed E-state index contributed by atoms with van der Waals surface area (Å²) in [5.41, 5.74) is 1.89. The molecule has 15 heavy (non-hydrogen) atoms. The molecule has 0 bridgehead atoms. The van der Waals surface area contributed by atoms with Gasteiger partial charge in [-0.3, -0.25) is 4.79 Å². The second-order valence-electron chi connectivity index (χ2n) is 4.07. The average molecular weight is 202 g/mol. The van der Waals surface area contributed by atoms with Crippen molar-refractivity contribution in [1.82, 2.24) is 0 Å². The van der Waals surface area contributed by atoms with Crippen molar-refractivity contribution in [2.45, 2.75) is 19.8 Å². The smallest absolute Gasteiger partial charge is 0.200 e. The van der Waals surface area contributed by atoms with Crippen LogP contribution < -0.4 is 0 Å². The second kappa shape index (κ2) is 3.54. The predicted molar refractivity (Wildman–Crippen MR) is 58.7 cm³/mol. The largest absolute Gasteiger partial charge is 0.504 e. The van der Waals surface area contributed by atoms with Gasteiger partial charge in [-0.15, -0.1) is 0 Å². The Morgan fingerprint density at radius 1 is 1.20 bits per heavy atom. The van der Waals surface area contributed by atoms with Crippen LogP contribution in [0.5, 0.6) is 0 Å². The number of rotatable bonds is 1. The summed E-state index contributed by atoms with van der Waals surface area (Å²) in [6, 6.07) is 9.85. The maximum atomic E-state index is 11.6. The molecular formula is C13H14O2. The summed E-state index contributed by atoms with van der Waals surface area (Å²) in [6.07, 6.45) is 0. The molecule has 0 radical (unpaired) electrons. The van der Waals surface area contributed by atoms with Crippen molar-refractivity contribution >= 4 is 5.78 Å². The highest BCUT2D eigenvalue weighted by molar-refractivity contribution is 5.99. The molecule has 2 atom stereocenters. The van der Waals surface area contributed by atoms with Crippen LogP contribution in [0.3, 0.4) is 0 Å². The molecule has 1 aromatic carbocycles. The van der Waals surface area contributed by atoms with Crippen LogP contribution in [0.15, 0.2) is 41.7 Å². The Balaban J connectivity index is 2.44. The molecule has 0 fully saturated rings. The average Bonchev–Trinajstić information content (AvgIpc) is 2.45. The van der Waals surface area contributed by atoms with Crippen molar-refractivity contribution in [3.8, 4) is 0 Å². The highest BCUT2D eigenvalue weighted by atomic mass is 16.3. The molecular weight excluding hydrogens is 188 g/mol. The summed E-state index contributed by atoms with van der Waals surface area (Å²) < 4.78 is 0. The lowest BCUT2D eigenvalue weighted by Gasteiger charge is -2.16. The third-order valence-corrected chi connectivity index (χ3v) is 3.15. The number of aliphatic hydroxyl groups excluding tert-OH is 1. The molecule has 0 aromatic heterocycles. The molecule has 0 spiro atoms. The van der Waals surface area contributed by atoms with Crippen LogP contribution in [0.2, 0.25) is 0 Å². The normalized spacial score (nSPS) is 26.1. The first-order valence-electron chi connectivity index (χ1n) is 5.12. The summed E-state index contributed by atoms with van der Waals surface area (Å²) in [5.74, 6) is -0.288. The second-order valence-corrected chi connectivity index (χ2v) is 4.07. The molecule has 2 heteroatoms. The molecule has 2 rings (SSSR count). The van der Waals surface area contributed by atoms with Gasteiger partial charge in [0.05, 0.1) is 0 Å². The summed E-state index contributed by atoms with van der Waals surface area (Å²) >= 11 is 0. The number of allylic oxidation sites excluding steroid dienone is 2. The fraction of sp³-hybridized carbons (Fsp3) is 0.308. The minimum Gasteiger partial charge on any atom is -0.504 e. The van der Waals surface area contributed by atoms with E-state index in [4.69, 9.17) is 0 Å². The van der Waals surface area contributed by atoms with Gasteiger partial charge in [0.15, 0.2) is 5.76 Å². The van der Waals surface area contributed by atoms with Crippen LogP contribution in [0.25, 0.3) is 0 Å². The van der Waals surface area contributed by atoms with Crippen molar-refractivity contribution in [3.05, 3.63) is 47.2 Å². The molecule has 1 N–H and O–H groups in total. The van der Waals surface area contributed by atoms with Gasteiger partial charge in [0.1, 0.15) is 0 Å². The Morgan fingerprint density at radius 3 is 2.27 bits per heavy atom. The Labute approximate surface area is 89.2 Å². The van der Waals surface area contributed by atoms with E-state index in [1.165, 1.54) is 0 Å². The molecule has 1 aromatic rings. The summed E-state index contributed by atoms with van der Waals surface area (Å²) in [6.45, 7) is 3.70. The fourth-order valence-electron chi connectivity index (χ4n) is 2.28. The Bertz CT molecular complexity index is 417. The van der Waals surface area contributed by atoms with Crippen molar-refractivity contribution < 1.29 is 9.90 Å². The topological polar surface area (TPSA) is 37.3 Å². The first kappa shape index (κ1) is 9.97. The van der Waals surface area contributed by atoms with Crippen molar-refractivity contribution in [3.63, 3.8) is 0 Å². The summed E-state index contributed by atoms with van der Waals surface area (Å²) in [4.78, 5) is 11.6. The highest BCUT2D eigenvalue weighted by Crippen LogP contribution is 2.40. The third-order valence-electron chi connectivity index (χ3n) is 3.15. The van der Waals surface area contributed by atoms with Gasteiger partial charge in [0.25, 0.3) is 0 Å². The number of ketones is 1. The lowest BCUT2D eigenvalue weighted by Crippen LogP contribution is -2.12. The van der Waals surface area contributed by atoms with Crippen LogP contribution in [0.4, 0.5) is 0 Å². The first-order chi connectivity index (χ1) is 7.13. The van der Waals surface area contributed by atoms with Gasteiger partial charge in [-0.25, -0.2) is 0 Å². The van der Waals surface area contributed by atoms with Crippen molar-refractivity contribution in [2.75, 3.05) is 0 Å². The zero-order valence-electron chi connectivity index (χ0n) is 8.90. The lowest BCUT2D eigenvalue weighted by atomic mass is 9.86. The van der Waals surface area contributed by atoms with Gasteiger partial charge in [-0.05, 0) is 18.1 Å². The minimum absolute atomic E-state index is 0.0405. The van der Waals surface area contributed by atoms with E-state index in [0.29, 0.717) is 0 Å². The van der Waals surface area contributed by atoms with Crippen LogP contribution in [0.1, 0.15) is 25.3 Å². The summed E-state index contributed by atoms with van der Waals surface area (Å²) in [7, 11) is 0. The van der Waals surface area contributed by atoms with E-state index >= 15 is 0 Å². The maximum absolute atomic E-state index is 11.6. The number of Topliss-reactive ketones (excluding diaryl/α,β-unsaturated/α-hetero) is 1. The van der Waals surface area contributed by atoms with E-state index in [-0.39, 0.29) is 23.4 Å². The zero-order chi connectivity index (χ0) is 11.0. The molecule has 1 aliphatic rings. The quantitative estimate of drug-likeness (QED) is 0.760. The third kappa shape index (κ3) is 1.46. The van der Waals surface area contributed by atoms with Gasteiger partial charge >= 0.3 is 0 Å². The number of benzene rings is 1. The van der Waals surface area contributed by atoms with E-state index in [9.17, 15) is 9.90 Å². The van der Waals surface area contributed by atoms with Crippen molar-refractivity contribution in [2.24, 2.45) is 5.92 Å². The molecule has 0 unspecified atom stereocenters. The SMILES string of the molecule is CC1=C(O)C(=O)[C@H](C)[C@H]1c1ccccc1. The van der Waals surface area contributed by atoms with Gasteiger partial charge < -0.3 is 5.11 Å². The first-order valence-corrected chi connectivity index (χ1v) is 5.12.